The highest BCUT2D eigenvalue weighted by atomic mass is 35.5. The summed E-state index contributed by atoms with van der Waals surface area (Å²) in [5.41, 5.74) is -1.11. The molecule has 0 saturated carbocycles. The SMILES string of the molecule is OC1C(Cl)=CC(C(F)(F)F)=CN1c1ccc(OC(F)(F)F)cc1. The lowest BCUT2D eigenvalue weighted by Crippen LogP contribution is -2.35. The Bertz CT molecular complexity index is 635. The highest BCUT2D eigenvalue weighted by molar-refractivity contribution is 6.30. The Morgan fingerprint density at radius 2 is 1.61 bits per heavy atom. The van der Waals surface area contributed by atoms with E-state index in [1.54, 1.807) is 0 Å². The van der Waals surface area contributed by atoms with Crippen LogP contribution in [-0.2, 0) is 0 Å². The van der Waals surface area contributed by atoms with Gasteiger partial charge in [0.15, 0.2) is 6.23 Å². The summed E-state index contributed by atoms with van der Waals surface area (Å²) >= 11 is 5.59. The van der Waals surface area contributed by atoms with E-state index in [1.165, 1.54) is 0 Å². The molecule has 10 heteroatoms. The van der Waals surface area contributed by atoms with Crippen molar-refractivity contribution in [3.8, 4) is 5.75 Å². The summed E-state index contributed by atoms with van der Waals surface area (Å²) in [5.74, 6) is -0.547. The number of aliphatic hydroxyl groups is 1. The standard InChI is InChI=1S/C13H8ClF6NO2/c14-10-5-7(12(15,16)17)6-21(11(10)22)8-1-3-9(4-2-8)23-13(18,19)20/h1-6,11,22H. The van der Waals surface area contributed by atoms with Crippen LogP contribution in [-0.4, -0.2) is 23.9 Å². The molecule has 23 heavy (non-hydrogen) atoms. The van der Waals surface area contributed by atoms with Crippen LogP contribution in [0.3, 0.4) is 0 Å². The smallest absolute Gasteiger partial charge is 0.406 e. The minimum Gasteiger partial charge on any atom is -0.406 e. The number of benzene rings is 1. The molecule has 1 aliphatic rings. The van der Waals surface area contributed by atoms with E-state index in [0.29, 0.717) is 12.3 Å². The second kappa shape index (κ2) is 5.97. The van der Waals surface area contributed by atoms with Gasteiger partial charge in [-0.2, -0.15) is 13.2 Å². The van der Waals surface area contributed by atoms with E-state index in [2.05, 4.69) is 4.74 Å². The molecule has 0 saturated heterocycles. The van der Waals surface area contributed by atoms with Crippen LogP contribution in [0, 0.1) is 0 Å². The zero-order chi connectivity index (χ0) is 17.4. The summed E-state index contributed by atoms with van der Waals surface area (Å²) < 4.78 is 78.1. The fourth-order valence-corrected chi connectivity index (χ4v) is 2.03. The van der Waals surface area contributed by atoms with Gasteiger partial charge in [0, 0.05) is 11.9 Å². The first-order valence-electron chi connectivity index (χ1n) is 5.96. The molecule has 1 aromatic rings. The fraction of sp³-hybridized carbons (Fsp3) is 0.231. The Morgan fingerprint density at radius 1 is 1.04 bits per heavy atom. The number of ether oxygens (including phenoxy) is 1. The van der Waals surface area contributed by atoms with Gasteiger partial charge in [0.05, 0.1) is 10.6 Å². The molecule has 1 heterocycles. The zero-order valence-electron chi connectivity index (χ0n) is 11.0. The van der Waals surface area contributed by atoms with Crippen molar-refractivity contribution < 1.29 is 36.2 Å². The molecule has 3 nitrogen and oxygen atoms in total. The molecule has 0 fully saturated rings. The van der Waals surface area contributed by atoms with Gasteiger partial charge in [-0.1, -0.05) is 11.6 Å². The number of alkyl halides is 6. The van der Waals surface area contributed by atoms with E-state index in [0.717, 1.165) is 29.2 Å². The Morgan fingerprint density at radius 3 is 2.09 bits per heavy atom. The number of hydrogen-bond acceptors (Lipinski definition) is 3. The fourth-order valence-electron chi connectivity index (χ4n) is 1.80. The van der Waals surface area contributed by atoms with Crippen LogP contribution in [0.15, 0.2) is 47.1 Å². The van der Waals surface area contributed by atoms with Crippen molar-refractivity contribution in [3.05, 3.63) is 47.1 Å². The molecule has 0 bridgehead atoms. The van der Waals surface area contributed by atoms with Gasteiger partial charge in [-0.15, -0.1) is 13.2 Å². The van der Waals surface area contributed by atoms with E-state index in [1.807, 2.05) is 0 Å². The predicted molar refractivity (Wildman–Crippen MR) is 69.7 cm³/mol. The van der Waals surface area contributed by atoms with Gasteiger partial charge in [0.25, 0.3) is 0 Å². The number of halogens is 7. The zero-order valence-corrected chi connectivity index (χ0v) is 11.7. The van der Waals surface area contributed by atoms with Gasteiger partial charge < -0.3 is 14.7 Å². The summed E-state index contributed by atoms with van der Waals surface area (Å²) in [4.78, 5) is 0.780. The number of hydrogen-bond donors (Lipinski definition) is 1. The molecule has 0 radical (unpaired) electrons. The molecule has 1 aliphatic heterocycles. The monoisotopic (exact) mass is 359 g/mol. The summed E-state index contributed by atoms with van der Waals surface area (Å²) in [6.45, 7) is 0. The Kier molecular flexibility index (Phi) is 4.54. The summed E-state index contributed by atoms with van der Waals surface area (Å²) in [6.07, 6.45) is -9.99. The molecule has 1 N–H and O–H groups in total. The van der Waals surface area contributed by atoms with Gasteiger partial charge in [-0.3, -0.25) is 0 Å². The van der Waals surface area contributed by atoms with Crippen LogP contribution < -0.4 is 9.64 Å². The highest BCUT2D eigenvalue weighted by Gasteiger charge is 2.37. The van der Waals surface area contributed by atoms with Gasteiger partial charge in [-0.25, -0.2) is 0 Å². The molecule has 126 valence electrons. The maximum Gasteiger partial charge on any atom is 0.573 e. The van der Waals surface area contributed by atoms with Gasteiger partial charge in [0.1, 0.15) is 5.75 Å². The highest BCUT2D eigenvalue weighted by Crippen LogP contribution is 2.36. The van der Waals surface area contributed by atoms with Gasteiger partial charge in [0.2, 0.25) is 0 Å². The van der Waals surface area contributed by atoms with Gasteiger partial charge in [-0.05, 0) is 30.3 Å². The lowest BCUT2D eigenvalue weighted by molar-refractivity contribution is -0.274. The third kappa shape index (κ3) is 4.32. The topological polar surface area (TPSA) is 32.7 Å². The van der Waals surface area contributed by atoms with Crippen LogP contribution in [0.5, 0.6) is 5.75 Å². The first-order valence-corrected chi connectivity index (χ1v) is 6.33. The number of nitrogens with zero attached hydrogens (tertiary/aromatic N) is 1. The first kappa shape index (κ1) is 17.5. The molecule has 1 unspecified atom stereocenters. The Balaban J connectivity index is 2.30. The molecular weight excluding hydrogens is 352 g/mol. The average molecular weight is 360 g/mol. The predicted octanol–water partition coefficient (Wildman–Crippen LogP) is 4.29. The van der Waals surface area contributed by atoms with Crippen LogP contribution in [0.4, 0.5) is 32.0 Å². The third-order valence-electron chi connectivity index (χ3n) is 2.78. The minimum atomic E-state index is -4.89. The minimum absolute atomic E-state index is 0.0000227. The Labute approximate surface area is 131 Å². The number of allylic oxidation sites excluding steroid dienone is 2. The first-order chi connectivity index (χ1) is 10.5. The normalized spacial score (nSPS) is 19.3. The summed E-state index contributed by atoms with van der Waals surface area (Å²) in [7, 11) is 0. The van der Waals surface area contributed by atoms with Crippen LogP contribution in [0.1, 0.15) is 0 Å². The van der Waals surface area contributed by atoms with Crippen molar-refractivity contribution in [2.24, 2.45) is 0 Å². The number of rotatable bonds is 2. The van der Waals surface area contributed by atoms with Crippen LogP contribution in [0.2, 0.25) is 0 Å². The molecule has 2 rings (SSSR count). The number of anilines is 1. The second-order valence-electron chi connectivity index (χ2n) is 4.43. The number of aliphatic hydroxyl groups excluding tert-OH is 1. The molecule has 0 amide bonds. The van der Waals surface area contributed by atoms with Crippen molar-refractivity contribution in [1.82, 2.24) is 0 Å². The second-order valence-corrected chi connectivity index (χ2v) is 4.87. The van der Waals surface area contributed by atoms with Crippen molar-refractivity contribution >= 4 is 17.3 Å². The lowest BCUT2D eigenvalue weighted by Gasteiger charge is -2.31. The largest absolute Gasteiger partial charge is 0.573 e. The summed E-state index contributed by atoms with van der Waals surface area (Å²) in [5, 5.41) is 9.36. The quantitative estimate of drug-likeness (QED) is 0.800. The molecule has 0 aliphatic carbocycles. The average Bonchev–Trinajstić information content (AvgIpc) is 2.40. The van der Waals surface area contributed by atoms with E-state index in [-0.39, 0.29) is 5.69 Å². The van der Waals surface area contributed by atoms with E-state index in [9.17, 15) is 31.4 Å². The lowest BCUT2D eigenvalue weighted by atomic mass is 10.1. The van der Waals surface area contributed by atoms with E-state index in [4.69, 9.17) is 11.6 Å². The van der Waals surface area contributed by atoms with Crippen molar-refractivity contribution in [2.45, 2.75) is 18.8 Å². The van der Waals surface area contributed by atoms with Crippen molar-refractivity contribution in [3.63, 3.8) is 0 Å². The van der Waals surface area contributed by atoms with Crippen LogP contribution >= 0.6 is 11.6 Å². The van der Waals surface area contributed by atoms with Crippen LogP contribution in [0.25, 0.3) is 0 Å². The maximum absolute atomic E-state index is 12.8. The molecular formula is C13H8ClF6NO2. The van der Waals surface area contributed by atoms with Crippen molar-refractivity contribution in [2.75, 3.05) is 4.90 Å². The molecule has 0 aromatic heterocycles. The molecule has 0 spiro atoms. The summed E-state index contributed by atoms with van der Waals surface area (Å²) in [6, 6.07) is 3.93. The Hall–Kier alpha value is -1.87. The van der Waals surface area contributed by atoms with E-state index < -0.39 is 35.1 Å². The third-order valence-corrected chi connectivity index (χ3v) is 3.08. The van der Waals surface area contributed by atoms with E-state index >= 15 is 0 Å². The van der Waals surface area contributed by atoms with Gasteiger partial charge >= 0.3 is 12.5 Å². The maximum atomic E-state index is 12.8. The molecule has 1 aromatic carbocycles. The van der Waals surface area contributed by atoms with Crippen molar-refractivity contribution in [1.29, 1.82) is 0 Å². The molecule has 1 atom stereocenters.